The number of nitrogens with zero attached hydrogens (tertiary/aromatic N) is 3. The summed E-state index contributed by atoms with van der Waals surface area (Å²) >= 11 is 0. The van der Waals surface area contributed by atoms with E-state index in [1.54, 1.807) is 0 Å². The van der Waals surface area contributed by atoms with Gasteiger partial charge in [0.15, 0.2) is 0 Å². The van der Waals surface area contributed by atoms with Gasteiger partial charge < -0.3 is 4.90 Å². The zero-order valence-corrected chi connectivity index (χ0v) is 12.0. The number of anilines is 2. The van der Waals surface area contributed by atoms with Crippen molar-refractivity contribution in [1.82, 2.24) is 9.97 Å². The normalized spacial score (nSPS) is 13.1. The molecular weight excluding hydrogens is 257 g/mol. The smallest absolute Gasteiger partial charge is 0.0726 e. The van der Waals surface area contributed by atoms with Crippen molar-refractivity contribution < 1.29 is 0 Å². The van der Waals surface area contributed by atoms with E-state index in [-0.39, 0.29) is 8.41 Å². The van der Waals surface area contributed by atoms with Crippen molar-refractivity contribution in [3.8, 4) is 0 Å². The Kier molecular flexibility index (Phi) is 3.38. The average molecular weight is 272 g/mol. The van der Waals surface area contributed by atoms with Gasteiger partial charge in [0.2, 0.25) is 0 Å². The summed E-state index contributed by atoms with van der Waals surface area (Å²) in [6, 6.07) is 12.6. The molecule has 0 amide bonds. The maximum Gasteiger partial charge on any atom is 0.0726 e. The maximum absolute atomic E-state index is 4.62. The van der Waals surface area contributed by atoms with Crippen LogP contribution in [0.15, 0.2) is 48.8 Å². The van der Waals surface area contributed by atoms with E-state index >= 15 is 0 Å². The van der Waals surface area contributed by atoms with Gasteiger partial charge >= 0.3 is 0 Å². The Morgan fingerprint density at radius 3 is 2.86 bits per heavy atom. The molecule has 1 aliphatic rings. The molecule has 0 bridgehead atoms. The number of rotatable bonds is 1. The van der Waals surface area contributed by atoms with E-state index in [2.05, 4.69) is 52.1 Å². The van der Waals surface area contributed by atoms with Gasteiger partial charge in [-0.2, -0.15) is 0 Å². The molecule has 4 rings (SSSR count). The van der Waals surface area contributed by atoms with E-state index in [1.807, 2.05) is 18.5 Å². The molecule has 0 fully saturated rings. The highest BCUT2D eigenvalue weighted by atomic mass is 15.2. The third-order valence-electron chi connectivity index (χ3n) is 3.89. The highest BCUT2D eigenvalue weighted by molar-refractivity contribution is 5.94. The van der Waals surface area contributed by atoms with Gasteiger partial charge in [-0.05, 0) is 37.1 Å². The van der Waals surface area contributed by atoms with Crippen LogP contribution >= 0.6 is 0 Å². The first-order valence-electron chi connectivity index (χ1n) is 6.90. The summed E-state index contributed by atoms with van der Waals surface area (Å²) in [5, 5.41) is 1.21. The van der Waals surface area contributed by atoms with E-state index in [4.69, 9.17) is 0 Å². The Balaban J connectivity index is 0.00000132. The third kappa shape index (κ3) is 2.17. The van der Waals surface area contributed by atoms with Gasteiger partial charge in [0.1, 0.15) is 0 Å². The molecule has 3 aromatic rings. The molecule has 0 aliphatic carbocycles. The molecule has 0 saturated heterocycles. The minimum atomic E-state index is 0. The van der Waals surface area contributed by atoms with Crippen molar-refractivity contribution in [1.29, 1.82) is 0 Å². The summed E-state index contributed by atoms with van der Waals surface area (Å²) in [4.78, 5) is 11.2. The lowest BCUT2D eigenvalue weighted by atomic mass is 10.1. The molecular formula is C17H15BN3. The molecule has 1 aliphatic heterocycles. The molecule has 101 valence electrons. The fourth-order valence-corrected chi connectivity index (χ4v) is 2.99. The second-order valence-electron chi connectivity index (χ2n) is 5.21. The molecule has 4 heteroatoms. The van der Waals surface area contributed by atoms with E-state index in [0.29, 0.717) is 0 Å². The maximum atomic E-state index is 4.62. The molecule has 2 aromatic heterocycles. The van der Waals surface area contributed by atoms with Crippen LogP contribution in [0.3, 0.4) is 0 Å². The summed E-state index contributed by atoms with van der Waals surface area (Å²) in [6.07, 6.45) is 4.90. The Labute approximate surface area is 126 Å². The zero-order chi connectivity index (χ0) is 13.5. The summed E-state index contributed by atoms with van der Waals surface area (Å²) in [7, 11) is 0. The fraction of sp³-hybridized carbons (Fsp3) is 0.176. The van der Waals surface area contributed by atoms with Crippen LogP contribution in [-0.4, -0.2) is 24.9 Å². The second kappa shape index (κ2) is 5.21. The summed E-state index contributed by atoms with van der Waals surface area (Å²) < 4.78 is 0. The van der Waals surface area contributed by atoms with E-state index in [1.165, 1.54) is 22.3 Å². The van der Waals surface area contributed by atoms with Crippen molar-refractivity contribution in [3.63, 3.8) is 0 Å². The van der Waals surface area contributed by atoms with Gasteiger partial charge in [-0.3, -0.25) is 9.97 Å². The Morgan fingerprint density at radius 2 is 1.95 bits per heavy atom. The second-order valence-corrected chi connectivity index (χ2v) is 5.21. The number of pyridine rings is 2. The Hall–Kier alpha value is -2.36. The van der Waals surface area contributed by atoms with Gasteiger partial charge in [0.05, 0.1) is 11.2 Å². The first kappa shape index (κ1) is 13.6. The van der Waals surface area contributed by atoms with E-state index < -0.39 is 0 Å². The molecule has 3 heterocycles. The molecule has 0 N–H and O–H groups in total. The van der Waals surface area contributed by atoms with Crippen molar-refractivity contribution in [2.24, 2.45) is 0 Å². The lowest BCUT2D eigenvalue weighted by molar-refractivity contribution is 0.997. The van der Waals surface area contributed by atoms with Crippen molar-refractivity contribution >= 4 is 30.7 Å². The monoisotopic (exact) mass is 272 g/mol. The molecule has 0 spiro atoms. The number of aryl methyl sites for hydroxylation is 1. The summed E-state index contributed by atoms with van der Waals surface area (Å²) in [5.41, 5.74) is 5.96. The van der Waals surface area contributed by atoms with Gasteiger partial charge in [0.25, 0.3) is 0 Å². The molecule has 21 heavy (non-hydrogen) atoms. The van der Waals surface area contributed by atoms with Gasteiger partial charge in [-0.25, -0.2) is 0 Å². The first-order chi connectivity index (χ1) is 9.83. The SMILES string of the molecule is Cc1cc(N2CCc3cnccc32)c2ccccc2n1.[B]. The van der Waals surface area contributed by atoms with Gasteiger partial charge in [0, 0.05) is 44.1 Å². The van der Waals surface area contributed by atoms with Crippen molar-refractivity contribution in [2.45, 2.75) is 13.3 Å². The highest BCUT2D eigenvalue weighted by Gasteiger charge is 2.22. The van der Waals surface area contributed by atoms with Crippen LogP contribution in [0.5, 0.6) is 0 Å². The lowest BCUT2D eigenvalue weighted by Gasteiger charge is -2.21. The Morgan fingerprint density at radius 1 is 1.10 bits per heavy atom. The average Bonchev–Trinajstić information content (AvgIpc) is 2.90. The molecule has 0 saturated carbocycles. The number of fused-ring (bicyclic) bond motifs is 2. The zero-order valence-electron chi connectivity index (χ0n) is 12.0. The van der Waals surface area contributed by atoms with Crippen LogP contribution < -0.4 is 4.90 Å². The topological polar surface area (TPSA) is 29.0 Å². The summed E-state index contributed by atoms with van der Waals surface area (Å²) in [5.74, 6) is 0. The van der Waals surface area contributed by atoms with Crippen molar-refractivity contribution in [2.75, 3.05) is 11.4 Å². The number of para-hydroxylation sites is 1. The molecule has 3 radical (unpaired) electrons. The predicted octanol–water partition coefficient (Wildman–Crippen LogP) is 3.25. The quantitative estimate of drug-likeness (QED) is 0.637. The number of benzene rings is 1. The van der Waals surface area contributed by atoms with Crippen LogP contribution in [0.1, 0.15) is 11.3 Å². The van der Waals surface area contributed by atoms with Gasteiger partial charge in [-0.1, -0.05) is 18.2 Å². The molecule has 0 atom stereocenters. The standard InChI is InChI=1S/C17H15N3.B/c1-12-10-17(14-4-2-3-5-15(14)19-12)20-9-7-13-11-18-8-6-16(13)20;/h2-6,8,10-11H,7,9H2,1H3;. The van der Waals surface area contributed by atoms with Crippen molar-refractivity contribution in [3.05, 3.63) is 60.0 Å². The number of hydrogen-bond acceptors (Lipinski definition) is 3. The number of hydrogen-bond donors (Lipinski definition) is 0. The lowest BCUT2D eigenvalue weighted by Crippen LogP contribution is -2.14. The minimum absolute atomic E-state index is 0. The van der Waals surface area contributed by atoms with Crippen LogP contribution in [0.25, 0.3) is 10.9 Å². The van der Waals surface area contributed by atoms with Crippen LogP contribution in [0, 0.1) is 6.92 Å². The summed E-state index contributed by atoms with van der Waals surface area (Å²) in [6.45, 7) is 3.06. The number of aromatic nitrogens is 2. The highest BCUT2D eigenvalue weighted by Crippen LogP contribution is 2.37. The molecule has 3 nitrogen and oxygen atoms in total. The van der Waals surface area contributed by atoms with Crippen LogP contribution in [-0.2, 0) is 6.42 Å². The van der Waals surface area contributed by atoms with Gasteiger partial charge in [-0.15, -0.1) is 0 Å². The largest absolute Gasteiger partial charge is 0.340 e. The minimum Gasteiger partial charge on any atom is -0.340 e. The first-order valence-corrected chi connectivity index (χ1v) is 6.90. The van der Waals surface area contributed by atoms with E-state index in [0.717, 1.165) is 24.2 Å². The third-order valence-corrected chi connectivity index (χ3v) is 3.89. The molecule has 1 aromatic carbocycles. The predicted molar refractivity (Wildman–Crippen MR) is 87.2 cm³/mol. The van der Waals surface area contributed by atoms with Crippen LogP contribution in [0.2, 0.25) is 0 Å². The fourth-order valence-electron chi connectivity index (χ4n) is 2.99. The van der Waals surface area contributed by atoms with Crippen LogP contribution in [0.4, 0.5) is 11.4 Å². The Bertz CT molecular complexity index is 801. The van der Waals surface area contributed by atoms with E-state index in [9.17, 15) is 0 Å². The molecule has 0 unspecified atom stereocenters.